The maximum absolute atomic E-state index is 13.3. The molecule has 0 aliphatic rings. The van der Waals surface area contributed by atoms with Crippen LogP contribution in [0.15, 0.2) is 30.3 Å². The summed E-state index contributed by atoms with van der Waals surface area (Å²) in [6.45, 7) is 13.8. The standard InChI is InChI=1S/C25H34N4O3/c1-16(2)21-14-20(22-17(3)28-29(23(22)27-21)25(4,5)6)24(30)26-15-18-9-8-10-19(13-18)32-12-11-31-7/h8-10,13-14,16H,11-12,15H2,1-7H3,(H,26,30). The van der Waals surface area contributed by atoms with E-state index in [9.17, 15) is 4.79 Å². The highest BCUT2D eigenvalue weighted by Gasteiger charge is 2.25. The number of hydrogen-bond donors (Lipinski definition) is 1. The Kier molecular flexibility index (Phi) is 7.19. The van der Waals surface area contributed by atoms with Gasteiger partial charge in [0, 0.05) is 19.3 Å². The zero-order valence-corrected chi connectivity index (χ0v) is 20.2. The number of ether oxygens (including phenoxy) is 2. The van der Waals surface area contributed by atoms with Crippen molar-refractivity contribution in [2.24, 2.45) is 0 Å². The smallest absolute Gasteiger partial charge is 0.252 e. The van der Waals surface area contributed by atoms with E-state index in [1.807, 2.05) is 41.9 Å². The van der Waals surface area contributed by atoms with Gasteiger partial charge in [0.1, 0.15) is 12.4 Å². The van der Waals surface area contributed by atoms with Gasteiger partial charge in [0.25, 0.3) is 5.91 Å². The van der Waals surface area contributed by atoms with Gasteiger partial charge in [0.2, 0.25) is 0 Å². The van der Waals surface area contributed by atoms with E-state index >= 15 is 0 Å². The van der Waals surface area contributed by atoms with Crippen LogP contribution in [0, 0.1) is 6.92 Å². The van der Waals surface area contributed by atoms with E-state index in [2.05, 4.69) is 39.9 Å². The number of nitrogens with zero attached hydrogens (tertiary/aromatic N) is 3. The van der Waals surface area contributed by atoms with Gasteiger partial charge in [0.15, 0.2) is 5.65 Å². The molecule has 3 rings (SSSR count). The van der Waals surface area contributed by atoms with Crippen molar-refractivity contribution >= 4 is 16.9 Å². The van der Waals surface area contributed by atoms with Gasteiger partial charge in [-0.05, 0) is 57.4 Å². The van der Waals surface area contributed by atoms with Crippen molar-refractivity contribution in [2.75, 3.05) is 20.3 Å². The van der Waals surface area contributed by atoms with Crippen LogP contribution in [0.25, 0.3) is 11.0 Å². The molecule has 172 valence electrons. The lowest BCUT2D eigenvalue weighted by Gasteiger charge is -2.20. The highest BCUT2D eigenvalue weighted by molar-refractivity contribution is 6.06. The normalized spacial score (nSPS) is 11.9. The second-order valence-corrected chi connectivity index (χ2v) is 9.29. The maximum Gasteiger partial charge on any atom is 0.252 e. The van der Waals surface area contributed by atoms with Crippen molar-refractivity contribution in [1.29, 1.82) is 0 Å². The number of hydrogen-bond acceptors (Lipinski definition) is 5. The van der Waals surface area contributed by atoms with Gasteiger partial charge in [-0.1, -0.05) is 26.0 Å². The average molecular weight is 439 g/mol. The molecule has 2 heterocycles. The van der Waals surface area contributed by atoms with E-state index < -0.39 is 0 Å². The predicted octanol–water partition coefficient (Wildman–Crippen LogP) is 4.57. The summed E-state index contributed by atoms with van der Waals surface area (Å²) in [5.41, 5.74) is 3.76. The highest BCUT2D eigenvalue weighted by atomic mass is 16.5. The van der Waals surface area contributed by atoms with Crippen molar-refractivity contribution in [2.45, 2.75) is 59.5 Å². The van der Waals surface area contributed by atoms with Gasteiger partial charge < -0.3 is 14.8 Å². The van der Waals surface area contributed by atoms with Crippen LogP contribution in [0.4, 0.5) is 0 Å². The van der Waals surface area contributed by atoms with Crippen molar-refractivity contribution < 1.29 is 14.3 Å². The molecule has 7 heteroatoms. The van der Waals surface area contributed by atoms with Gasteiger partial charge in [0.05, 0.1) is 28.8 Å². The first-order valence-electron chi connectivity index (χ1n) is 11.0. The summed E-state index contributed by atoms with van der Waals surface area (Å²) < 4.78 is 12.6. The van der Waals surface area contributed by atoms with E-state index in [0.717, 1.165) is 33.7 Å². The van der Waals surface area contributed by atoms with E-state index in [1.54, 1.807) is 7.11 Å². The Balaban J connectivity index is 1.90. The minimum Gasteiger partial charge on any atom is -0.491 e. The van der Waals surface area contributed by atoms with Crippen LogP contribution >= 0.6 is 0 Å². The molecule has 2 aromatic heterocycles. The molecular weight excluding hydrogens is 404 g/mol. The molecule has 0 radical (unpaired) electrons. The van der Waals surface area contributed by atoms with Crippen molar-refractivity contribution in [3.05, 3.63) is 52.8 Å². The topological polar surface area (TPSA) is 78.3 Å². The predicted molar refractivity (Wildman–Crippen MR) is 126 cm³/mol. The summed E-state index contributed by atoms with van der Waals surface area (Å²) in [7, 11) is 1.64. The summed E-state index contributed by atoms with van der Waals surface area (Å²) in [6.07, 6.45) is 0. The first kappa shape index (κ1) is 23.7. The molecular formula is C25H34N4O3. The molecule has 0 bridgehead atoms. The third kappa shape index (κ3) is 5.27. The molecule has 0 unspecified atom stereocenters. The Labute approximate surface area is 190 Å². The Morgan fingerprint density at radius 1 is 1.19 bits per heavy atom. The summed E-state index contributed by atoms with van der Waals surface area (Å²) in [5, 5.41) is 8.58. The molecule has 0 saturated carbocycles. The summed E-state index contributed by atoms with van der Waals surface area (Å²) in [5.74, 6) is 0.807. The van der Waals surface area contributed by atoms with Gasteiger partial charge >= 0.3 is 0 Å². The Morgan fingerprint density at radius 3 is 2.59 bits per heavy atom. The van der Waals surface area contributed by atoms with Crippen LogP contribution in [0.1, 0.15) is 67.8 Å². The summed E-state index contributed by atoms with van der Waals surface area (Å²) in [6, 6.07) is 9.61. The number of fused-ring (bicyclic) bond motifs is 1. The zero-order chi connectivity index (χ0) is 23.5. The number of amides is 1. The minimum absolute atomic E-state index is 0.137. The lowest BCUT2D eigenvalue weighted by Crippen LogP contribution is -2.25. The molecule has 32 heavy (non-hydrogen) atoms. The molecule has 1 aromatic carbocycles. The van der Waals surface area contributed by atoms with Crippen LogP contribution < -0.4 is 10.1 Å². The third-order valence-electron chi connectivity index (χ3n) is 5.21. The van der Waals surface area contributed by atoms with Gasteiger partial charge in [-0.2, -0.15) is 5.10 Å². The average Bonchev–Trinajstić information content (AvgIpc) is 3.09. The Bertz CT molecular complexity index is 1100. The Hall–Kier alpha value is -2.93. The number of benzene rings is 1. The van der Waals surface area contributed by atoms with Crippen molar-refractivity contribution in [3.8, 4) is 5.75 Å². The number of nitrogens with one attached hydrogen (secondary N) is 1. The molecule has 3 aromatic rings. The van der Waals surface area contributed by atoms with Crippen LogP contribution in [-0.4, -0.2) is 41.0 Å². The molecule has 1 amide bonds. The van der Waals surface area contributed by atoms with Crippen molar-refractivity contribution in [1.82, 2.24) is 20.1 Å². The number of pyridine rings is 1. The van der Waals surface area contributed by atoms with Gasteiger partial charge in [-0.15, -0.1) is 0 Å². The first-order chi connectivity index (χ1) is 15.1. The maximum atomic E-state index is 13.3. The lowest BCUT2D eigenvalue weighted by molar-refractivity contribution is 0.0952. The number of carbonyl (C=O) groups is 1. The fourth-order valence-corrected chi connectivity index (χ4v) is 3.52. The lowest BCUT2D eigenvalue weighted by atomic mass is 10.0. The number of aromatic nitrogens is 3. The van der Waals surface area contributed by atoms with E-state index in [-0.39, 0.29) is 17.4 Å². The van der Waals surface area contributed by atoms with E-state index in [0.29, 0.717) is 25.3 Å². The molecule has 0 atom stereocenters. The number of aryl methyl sites for hydroxylation is 1. The van der Waals surface area contributed by atoms with E-state index in [4.69, 9.17) is 19.6 Å². The fraction of sp³-hybridized carbons (Fsp3) is 0.480. The largest absolute Gasteiger partial charge is 0.491 e. The fourth-order valence-electron chi connectivity index (χ4n) is 3.52. The zero-order valence-electron chi connectivity index (χ0n) is 20.2. The molecule has 0 spiro atoms. The number of rotatable bonds is 8. The third-order valence-corrected chi connectivity index (χ3v) is 5.21. The molecule has 1 N–H and O–H groups in total. The van der Waals surface area contributed by atoms with Crippen LogP contribution in [0.3, 0.4) is 0 Å². The quantitative estimate of drug-likeness (QED) is 0.521. The van der Waals surface area contributed by atoms with Crippen molar-refractivity contribution in [3.63, 3.8) is 0 Å². The second kappa shape index (κ2) is 9.69. The Morgan fingerprint density at radius 2 is 1.94 bits per heavy atom. The molecule has 0 aliphatic carbocycles. The van der Waals surface area contributed by atoms with Crippen LogP contribution in [0.2, 0.25) is 0 Å². The SMILES string of the molecule is COCCOc1cccc(CNC(=O)c2cc(C(C)C)nc3c2c(C)nn3C(C)(C)C)c1. The van der Waals surface area contributed by atoms with Crippen LogP contribution in [0.5, 0.6) is 5.75 Å². The summed E-state index contributed by atoms with van der Waals surface area (Å²) in [4.78, 5) is 18.2. The van der Waals surface area contributed by atoms with Gasteiger partial charge in [-0.25, -0.2) is 9.67 Å². The van der Waals surface area contributed by atoms with Gasteiger partial charge in [-0.3, -0.25) is 4.79 Å². The molecule has 0 aliphatic heterocycles. The molecule has 7 nitrogen and oxygen atoms in total. The highest BCUT2D eigenvalue weighted by Crippen LogP contribution is 2.29. The molecule has 0 fully saturated rings. The summed E-state index contributed by atoms with van der Waals surface area (Å²) >= 11 is 0. The minimum atomic E-state index is -0.244. The van der Waals surface area contributed by atoms with E-state index in [1.165, 1.54) is 0 Å². The van der Waals surface area contributed by atoms with Crippen LogP contribution in [-0.2, 0) is 16.8 Å². The molecule has 0 saturated heterocycles. The second-order valence-electron chi connectivity index (χ2n) is 9.29. The first-order valence-corrected chi connectivity index (χ1v) is 11.0. The monoisotopic (exact) mass is 438 g/mol. The number of methoxy groups -OCH3 is 1. The number of carbonyl (C=O) groups excluding carboxylic acids is 1.